The largest absolute Gasteiger partial charge is 0.491 e. The molecule has 0 N–H and O–H groups in total. The van der Waals surface area contributed by atoms with Crippen LogP contribution < -0.4 is 14.4 Å². The summed E-state index contributed by atoms with van der Waals surface area (Å²) in [6.07, 6.45) is 4.76. The monoisotopic (exact) mass is 743 g/mol. The second kappa shape index (κ2) is 16.5. The van der Waals surface area contributed by atoms with Gasteiger partial charge in [-0.25, -0.2) is 14.8 Å². The maximum absolute atomic E-state index is 12.3. The standard InChI is InChI=1S/C41H54ClN7O4/c1-7-22-51-37-29(25-43)23-31(24-36(37)42)41(5,6)30-8-10-35(11-9-30)52-28-32-12-15-44-38(45-32)48-20-18-47(19-21-48)33-13-16-46(17-14-33)34-26-49(27-34)39(50)53-40(2,3)4/h8-12,15,23-24,33-34H,7,13-14,16-22,26-28H2,1-6H3. The number of carbonyl (C=O) groups is 1. The van der Waals surface area contributed by atoms with Gasteiger partial charge in [0, 0.05) is 76.1 Å². The van der Waals surface area contributed by atoms with Gasteiger partial charge in [0.25, 0.3) is 0 Å². The summed E-state index contributed by atoms with van der Waals surface area (Å²) in [5, 5.41) is 10.2. The fourth-order valence-electron chi connectivity index (χ4n) is 7.36. The van der Waals surface area contributed by atoms with Crippen molar-refractivity contribution in [2.24, 2.45) is 0 Å². The Labute approximate surface area is 319 Å². The molecule has 0 radical (unpaired) electrons. The first-order valence-electron chi connectivity index (χ1n) is 19.0. The lowest BCUT2D eigenvalue weighted by molar-refractivity contribution is -0.0247. The van der Waals surface area contributed by atoms with E-state index >= 15 is 0 Å². The van der Waals surface area contributed by atoms with E-state index in [-0.39, 0.29) is 6.09 Å². The van der Waals surface area contributed by atoms with Crippen LogP contribution in [-0.2, 0) is 16.8 Å². The van der Waals surface area contributed by atoms with Crippen LogP contribution in [0, 0.1) is 11.3 Å². The minimum Gasteiger partial charge on any atom is -0.491 e. The van der Waals surface area contributed by atoms with E-state index in [1.807, 2.05) is 69.1 Å². The number of anilines is 1. The highest BCUT2D eigenvalue weighted by Crippen LogP contribution is 2.39. The number of nitriles is 1. The number of hydrogen-bond acceptors (Lipinski definition) is 10. The zero-order valence-corrected chi connectivity index (χ0v) is 32.9. The van der Waals surface area contributed by atoms with Crippen LogP contribution in [0.3, 0.4) is 0 Å². The molecule has 11 nitrogen and oxygen atoms in total. The Morgan fingerprint density at radius 1 is 0.906 bits per heavy atom. The zero-order chi connectivity index (χ0) is 37.8. The van der Waals surface area contributed by atoms with E-state index in [9.17, 15) is 10.1 Å². The van der Waals surface area contributed by atoms with Crippen LogP contribution in [0.15, 0.2) is 48.7 Å². The molecule has 0 aliphatic carbocycles. The molecule has 3 aliphatic rings. The number of hydrogen-bond donors (Lipinski definition) is 0. The summed E-state index contributed by atoms with van der Waals surface area (Å²) in [4.78, 5) is 31.1. The molecule has 3 aromatic rings. The Hall–Kier alpha value is -4.11. The van der Waals surface area contributed by atoms with Crippen molar-refractivity contribution in [2.45, 2.75) is 90.5 Å². The van der Waals surface area contributed by atoms with Crippen molar-refractivity contribution in [2.75, 3.05) is 63.9 Å². The molecule has 3 saturated heterocycles. The SMILES string of the molecule is CCCOc1c(Cl)cc(C(C)(C)c2ccc(OCc3ccnc(N4CCN(C5CCN(C6CN(C(=O)OC(C)(C)C)C6)CC5)CC4)n3)cc2)cc1C#N. The summed E-state index contributed by atoms with van der Waals surface area (Å²) in [7, 11) is 0. The first-order chi connectivity index (χ1) is 25.3. The number of halogens is 1. The third kappa shape index (κ3) is 9.34. The number of likely N-dealkylation sites (tertiary alicyclic amines) is 2. The summed E-state index contributed by atoms with van der Waals surface area (Å²) in [6.45, 7) is 20.3. The predicted octanol–water partition coefficient (Wildman–Crippen LogP) is 6.90. The normalized spacial score (nSPS) is 18.0. The maximum Gasteiger partial charge on any atom is 0.410 e. The molecule has 0 spiro atoms. The molecule has 1 aromatic heterocycles. The van der Waals surface area contributed by atoms with E-state index in [1.165, 1.54) is 0 Å². The lowest BCUT2D eigenvalue weighted by Crippen LogP contribution is -2.63. The van der Waals surface area contributed by atoms with Gasteiger partial charge < -0.3 is 24.0 Å². The number of piperidine rings is 1. The molecule has 284 valence electrons. The minimum absolute atomic E-state index is 0.199. The number of rotatable bonds is 11. The van der Waals surface area contributed by atoms with Crippen molar-refractivity contribution in [3.05, 3.63) is 76.1 Å². The van der Waals surface area contributed by atoms with Crippen LogP contribution in [0.25, 0.3) is 0 Å². The number of amides is 1. The highest BCUT2D eigenvalue weighted by molar-refractivity contribution is 6.32. The molecule has 0 saturated carbocycles. The molecule has 3 fully saturated rings. The van der Waals surface area contributed by atoms with Gasteiger partial charge in [0.1, 0.15) is 24.0 Å². The molecule has 0 atom stereocenters. The van der Waals surface area contributed by atoms with E-state index in [0.717, 1.165) is 100 Å². The van der Waals surface area contributed by atoms with Crippen LogP contribution in [0.4, 0.5) is 10.7 Å². The van der Waals surface area contributed by atoms with Gasteiger partial charge in [-0.05, 0) is 81.5 Å². The lowest BCUT2D eigenvalue weighted by Gasteiger charge is -2.49. The van der Waals surface area contributed by atoms with Gasteiger partial charge in [0.15, 0.2) is 5.75 Å². The Morgan fingerprint density at radius 3 is 2.23 bits per heavy atom. The van der Waals surface area contributed by atoms with Gasteiger partial charge in [0.2, 0.25) is 5.95 Å². The lowest BCUT2D eigenvalue weighted by atomic mass is 9.77. The fourth-order valence-corrected chi connectivity index (χ4v) is 7.64. The third-order valence-electron chi connectivity index (χ3n) is 10.6. The molecular formula is C41H54ClN7O4. The number of ether oxygens (including phenoxy) is 3. The van der Waals surface area contributed by atoms with Gasteiger partial charge in [0.05, 0.1) is 22.9 Å². The predicted molar refractivity (Wildman–Crippen MR) is 207 cm³/mol. The summed E-state index contributed by atoms with van der Waals surface area (Å²) >= 11 is 6.58. The van der Waals surface area contributed by atoms with Gasteiger partial charge in [-0.15, -0.1) is 0 Å². The molecule has 1 amide bonds. The van der Waals surface area contributed by atoms with E-state index in [4.69, 9.17) is 30.8 Å². The van der Waals surface area contributed by atoms with Gasteiger partial charge in [-0.1, -0.05) is 44.5 Å². The van der Waals surface area contributed by atoms with Crippen molar-refractivity contribution in [3.63, 3.8) is 0 Å². The van der Waals surface area contributed by atoms with E-state index in [1.54, 1.807) is 0 Å². The number of aromatic nitrogens is 2. The van der Waals surface area contributed by atoms with Crippen molar-refractivity contribution in [3.8, 4) is 17.6 Å². The molecule has 12 heteroatoms. The summed E-state index contributed by atoms with van der Waals surface area (Å²) < 4.78 is 17.4. The van der Waals surface area contributed by atoms with Crippen molar-refractivity contribution in [1.29, 1.82) is 5.26 Å². The Balaban J connectivity index is 0.958. The Kier molecular flexibility index (Phi) is 12.0. The van der Waals surface area contributed by atoms with E-state index in [2.05, 4.69) is 51.7 Å². The van der Waals surface area contributed by atoms with Crippen molar-refractivity contribution >= 4 is 23.6 Å². The van der Waals surface area contributed by atoms with E-state index < -0.39 is 11.0 Å². The average molecular weight is 744 g/mol. The Morgan fingerprint density at radius 2 is 1.58 bits per heavy atom. The quantitative estimate of drug-likeness (QED) is 0.206. The number of piperazine rings is 1. The van der Waals surface area contributed by atoms with Gasteiger partial charge in [-0.2, -0.15) is 5.26 Å². The number of benzene rings is 2. The summed E-state index contributed by atoms with van der Waals surface area (Å²) in [5.41, 5.74) is 2.43. The first-order valence-corrected chi connectivity index (χ1v) is 19.4. The molecule has 0 bridgehead atoms. The summed E-state index contributed by atoms with van der Waals surface area (Å²) in [6, 6.07) is 17.0. The molecule has 4 heterocycles. The van der Waals surface area contributed by atoms with Crippen molar-refractivity contribution < 1.29 is 19.0 Å². The van der Waals surface area contributed by atoms with E-state index in [0.29, 0.717) is 41.6 Å². The molecule has 0 unspecified atom stereocenters. The molecular weight excluding hydrogens is 690 g/mol. The number of carbonyl (C=O) groups excluding carboxylic acids is 1. The minimum atomic E-state index is -0.455. The number of nitrogens with zero attached hydrogens (tertiary/aromatic N) is 7. The summed E-state index contributed by atoms with van der Waals surface area (Å²) in [5.74, 6) is 1.95. The smallest absolute Gasteiger partial charge is 0.410 e. The molecule has 3 aliphatic heterocycles. The first kappa shape index (κ1) is 38.6. The fraction of sp³-hybridized carbons (Fsp3) is 0.561. The molecule has 6 rings (SSSR count). The molecule has 2 aromatic carbocycles. The van der Waals surface area contributed by atoms with Crippen LogP contribution >= 0.6 is 11.6 Å². The second-order valence-corrected chi connectivity index (χ2v) is 16.3. The van der Waals surface area contributed by atoms with Crippen LogP contribution in [0.5, 0.6) is 11.5 Å². The highest BCUT2D eigenvalue weighted by atomic mass is 35.5. The molecule has 53 heavy (non-hydrogen) atoms. The van der Waals surface area contributed by atoms with Crippen molar-refractivity contribution in [1.82, 2.24) is 24.7 Å². The maximum atomic E-state index is 12.3. The highest BCUT2D eigenvalue weighted by Gasteiger charge is 2.39. The topological polar surface area (TPSA) is 107 Å². The third-order valence-corrected chi connectivity index (χ3v) is 10.9. The Bertz CT molecular complexity index is 1750. The van der Waals surface area contributed by atoms with Crippen LogP contribution in [0.2, 0.25) is 5.02 Å². The zero-order valence-electron chi connectivity index (χ0n) is 32.1. The van der Waals surface area contributed by atoms with Gasteiger partial charge >= 0.3 is 6.09 Å². The van der Waals surface area contributed by atoms with Gasteiger partial charge in [-0.3, -0.25) is 9.80 Å². The second-order valence-electron chi connectivity index (χ2n) is 15.9. The van der Waals surface area contributed by atoms with Crippen LogP contribution in [0.1, 0.15) is 83.2 Å². The van der Waals surface area contributed by atoms with Crippen LogP contribution in [-0.4, -0.2) is 107 Å². The average Bonchev–Trinajstić information content (AvgIpc) is 3.12.